The normalized spacial score (nSPS) is 14.7. The van der Waals surface area contributed by atoms with Crippen LogP contribution in [0.15, 0.2) is 35.0 Å². The fourth-order valence-corrected chi connectivity index (χ4v) is 1.59. The standard InChI is InChI=1S/C12H12FNO2/c1-16-9-2-3-11(13)10(5-9)12-4-8(7-15)6-14-12/h2-3,5-6,15H,4,7H2,1H3. The summed E-state index contributed by atoms with van der Waals surface area (Å²) in [4.78, 5) is 4.09. The Kier molecular flexibility index (Phi) is 3.01. The maximum atomic E-state index is 13.6. The second kappa shape index (κ2) is 4.45. The number of aliphatic hydroxyl groups excluding tert-OH is 1. The van der Waals surface area contributed by atoms with Gasteiger partial charge in [-0.05, 0) is 23.8 Å². The van der Waals surface area contributed by atoms with Crippen molar-refractivity contribution >= 4 is 5.71 Å². The third-order valence-electron chi connectivity index (χ3n) is 2.48. The SMILES string of the molecule is COc1ccc(F)c(C2=NC=C(CO)C2)c1. The highest BCUT2D eigenvalue weighted by molar-refractivity contribution is 6.04. The lowest BCUT2D eigenvalue weighted by Crippen LogP contribution is -2.03. The highest BCUT2D eigenvalue weighted by atomic mass is 19.1. The van der Waals surface area contributed by atoms with Gasteiger partial charge >= 0.3 is 0 Å². The van der Waals surface area contributed by atoms with Crippen LogP contribution in [-0.4, -0.2) is 24.5 Å². The van der Waals surface area contributed by atoms with Gasteiger partial charge in [0, 0.05) is 18.2 Å². The lowest BCUT2D eigenvalue weighted by Gasteiger charge is -2.06. The molecule has 1 aliphatic rings. The van der Waals surface area contributed by atoms with Gasteiger partial charge in [0.25, 0.3) is 0 Å². The first kappa shape index (κ1) is 10.8. The van der Waals surface area contributed by atoms with Gasteiger partial charge in [0.1, 0.15) is 11.6 Å². The Bertz CT molecular complexity index is 466. The summed E-state index contributed by atoms with van der Waals surface area (Å²) in [6.07, 6.45) is 2.06. The van der Waals surface area contributed by atoms with Gasteiger partial charge in [-0.1, -0.05) is 0 Å². The van der Waals surface area contributed by atoms with Crippen LogP contribution in [0.25, 0.3) is 0 Å². The molecular formula is C12H12FNO2. The van der Waals surface area contributed by atoms with Crippen molar-refractivity contribution in [2.75, 3.05) is 13.7 Å². The molecule has 1 aromatic rings. The van der Waals surface area contributed by atoms with Crippen molar-refractivity contribution in [1.29, 1.82) is 0 Å². The number of aliphatic imine (C=N–C) groups is 1. The van der Waals surface area contributed by atoms with E-state index in [4.69, 9.17) is 9.84 Å². The maximum absolute atomic E-state index is 13.6. The van der Waals surface area contributed by atoms with E-state index < -0.39 is 0 Å². The zero-order chi connectivity index (χ0) is 11.5. The topological polar surface area (TPSA) is 41.8 Å². The molecule has 0 spiro atoms. The van der Waals surface area contributed by atoms with Crippen molar-refractivity contribution in [3.8, 4) is 5.75 Å². The first-order valence-electron chi connectivity index (χ1n) is 4.94. The summed E-state index contributed by atoms with van der Waals surface area (Å²) in [7, 11) is 1.53. The van der Waals surface area contributed by atoms with E-state index in [9.17, 15) is 4.39 Å². The highest BCUT2D eigenvalue weighted by Crippen LogP contribution is 2.23. The van der Waals surface area contributed by atoms with Gasteiger partial charge in [-0.15, -0.1) is 0 Å². The minimum absolute atomic E-state index is 0.0431. The Labute approximate surface area is 92.9 Å². The Hall–Kier alpha value is -1.68. The van der Waals surface area contributed by atoms with Crippen molar-refractivity contribution in [2.24, 2.45) is 4.99 Å². The number of aliphatic hydroxyl groups is 1. The molecular weight excluding hydrogens is 209 g/mol. The molecule has 0 saturated carbocycles. The van der Waals surface area contributed by atoms with Crippen molar-refractivity contribution in [3.63, 3.8) is 0 Å². The fraction of sp³-hybridized carbons (Fsp3) is 0.250. The summed E-state index contributed by atoms with van der Waals surface area (Å²) < 4.78 is 18.6. The van der Waals surface area contributed by atoms with E-state index in [0.717, 1.165) is 5.57 Å². The van der Waals surface area contributed by atoms with Gasteiger partial charge < -0.3 is 9.84 Å². The molecule has 0 aromatic heterocycles. The molecule has 2 rings (SSSR count). The summed E-state index contributed by atoms with van der Waals surface area (Å²) in [5.74, 6) is 0.267. The molecule has 1 aromatic carbocycles. The number of nitrogens with zero attached hydrogens (tertiary/aromatic N) is 1. The van der Waals surface area contributed by atoms with Gasteiger partial charge in [-0.25, -0.2) is 4.39 Å². The molecule has 1 N–H and O–H groups in total. The number of benzene rings is 1. The number of rotatable bonds is 3. The molecule has 0 amide bonds. The lowest BCUT2D eigenvalue weighted by molar-refractivity contribution is 0.330. The zero-order valence-corrected chi connectivity index (χ0v) is 8.90. The van der Waals surface area contributed by atoms with Crippen LogP contribution in [0.5, 0.6) is 5.75 Å². The Balaban J connectivity index is 2.29. The molecule has 0 saturated heterocycles. The largest absolute Gasteiger partial charge is 0.497 e. The molecule has 0 fully saturated rings. The second-order valence-electron chi connectivity index (χ2n) is 3.54. The number of ether oxygens (including phenoxy) is 1. The molecule has 16 heavy (non-hydrogen) atoms. The van der Waals surface area contributed by atoms with E-state index in [1.807, 2.05) is 0 Å². The predicted molar refractivity (Wildman–Crippen MR) is 59.3 cm³/mol. The first-order chi connectivity index (χ1) is 7.74. The van der Waals surface area contributed by atoms with Crippen LogP contribution >= 0.6 is 0 Å². The van der Waals surface area contributed by atoms with Crippen LogP contribution in [0.4, 0.5) is 4.39 Å². The first-order valence-corrected chi connectivity index (χ1v) is 4.94. The second-order valence-corrected chi connectivity index (χ2v) is 3.54. The van der Waals surface area contributed by atoms with Gasteiger partial charge in [0.2, 0.25) is 0 Å². The van der Waals surface area contributed by atoms with Gasteiger partial charge in [-0.2, -0.15) is 0 Å². The summed E-state index contributed by atoms with van der Waals surface area (Å²) in [6, 6.07) is 4.53. The quantitative estimate of drug-likeness (QED) is 0.847. The van der Waals surface area contributed by atoms with Crippen molar-refractivity contribution in [2.45, 2.75) is 6.42 Å². The van der Waals surface area contributed by atoms with Crippen molar-refractivity contribution in [1.82, 2.24) is 0 Å². The van der Waals surface area contributed by atoms with Crippen LogP contribution < -0.4 is 4.74 Å². The van der Waals surface area contributed by atoms with E-state index in [0.29, 0.717) is 23.4 Å². The highest BCUT2D eigenvalue weighted by Gasteiger charge is 2.15. The number of hydrogen-bond acceptors (Lipinski definition) is 3. The van der Waals surface area contributed by atoms with Gasteiger partial charge in [0.05, 0.1) is 19.4 Å². The molecule has 1 heterocycles. The number of halogens is 1. The van der Waals surface area contributed by atoms with Crippen LogP contribution in [0.2, 0.25) is 0 Å². The smallest absolute Gasteiger partial charge is 0.132 e. The summed E-state index contributed by atoms with van der Waals surface area (Å²) in [6.45, 7) is -0.0431. The predicted octanol–water partition coefficient (Wildman–Crippen LogP) is 1.90. The lowest BCUT2D eigenvalue weighted by atomic mass is 10.0. The summed E-state index contributed by atoms with van der Waals surface area (Å²) in [5.41, 5.74) is 1.84. The molecule has 4 heteroatoms. The van der Waals surface area contributed by atoms with Crippen LogP contribution in [-0.2, 0) is 0 Å². The molecule has 0 radical (unpaired) electrons. The average Bonchev–Trinajstić information content (AvgIpc) is 2.78. The van der Waals surface area contributed by atoms with Crippen LogP contribution in [0.1, 0.15) is 12.0 Å². The molecule has 1 aliphatic heterocycles. The molecule has 0 unspecified atom stereocenters. The van der Waals surface area contributed by atoms with E-state index in [2.05, 4.69) is 4.99 Å². The monoisotopic (exact) mass is 221 g/mol. The maximum Gasteiger partial charge on any atom is 0.132 e. The van der Waals surface area contributed by atoms with E-state index >= 15 is 0 Å². The minimum atomic E-state index is -0.327. The van der Waals surface area contributed by atoms with Crippen molar-refractivity contribution in [3.05, 3.63) is 41.4 Å². The van der Waals surface area contributed by atoms with Gasteiger partial charge in [0.15, 0.2) is 0 Å². The van der Waals surface area contributed by atoms with E-state index in [1.54, 1.807) is 18.3 Å². The minimum Gasteiger partial charge on any atom is -0.497 e. The van der Waals surface area contributed by atoms with Crippen LogP contribution in [0.3, 0.4) is 0 Å². The summed E-state index contributed by atoms with van der Waals surface area (Å²) >= 11 is 0. The van der Waals surface area contributed by atoms with Crippen molar-refractivity contribution < 1.29 is 14.2 Å². The molecule has 84 valence electrons. The van der Waals surface area contributed by atoms with Gasteiger partial charge in [-0.3, -0.25) is 4.99 Å². The molecule has 0 atom stereocenters. The average molecular weight is 221 g/mol. The molecule has 3 nitrogen and oxygen atoms in total. The molecule has 0 aliphatic carbocycles. The van der Waals surface area contributed by atoms with Crippen LogP contribution in [0, 0.1) is 5.82 Å². The Morgan fingerprint density at radius 3 is 2.94 bits per heavy atom. The van der Waals surface area contributed by atoms with E-state index in [-0.39, 0.29) is 12.4 Å². The van der Waals surface area contributed by atoms with E-state index in [1.165, 1.54) is 13.2 Å². The Morgan fingerprint density at radius 1 is 1.50 bits per heavy atom. The fourth-order valence-electron chi connectivity index (χ4n) is 1.59. The third-order valence-corrected chi connectivity index (χ3v) is 2.48. The number of methoxy groups -OCH3 is 1. The summed E-state index contributed by atoms with van der Waals surface area (Å²) in [5, 5.41) is 8.94. The Morgan fingerprint density at radius 2 is 2.31 bits per heavy atom. The zero-order valence-electron chi connectivity index (χ0n) is 8.90. The third kappa shape index (κ3) is 1.97. The molecule has 0 bridgehead atoms. The number of hydrogen-bond donors (Lipinski definition) is 1.